The van der Waals surface area contributed by atoms with Crippen molar-refractivity contribution in [2.45, 2.75) is 17.9 Å². The molecule has 0 aromatic heterocycles. The molecule has 10 heteroatoms. The smallest absolute Gasteiger partial charge is 0.269 e. The van der Waals surface area contributed by atoms with E-state index in [0.29, 0.717) is 5.56 Å². The second-order valence-corrected chi connectivity index (χ2v) is 7.58. The van der Waals surface area contributed by atoms with Crippen LogP contribution in [0.15, 0.2) is 53.4 Å². The molecule has 0 heterocycles. The molecule has 1 N–H and O–H groups in total. The number of nitrogens with one attached hydrogen (secondary N) is 1. The van der Waals surface area contributed by atoms with Gasteiger partial charge < -0.3 is 4.90 Å². The van der Waals surface area contributed by atoms with Gasteiger partial charge in [-0.2, -0.15) is 0 Å². The normalized spacial score (nSPS) is 12.4. The Morgan fingerprint density at radius 2 is 1.89 bits per heavy atom. The predicted molar refractivity (Wildman–Crippen MR) is 95.9 cm³/mol. The van der Waals surface area contributed by atoms with Gasteiger partial charge in [-0.3, -0.25) is 14.9 Å². The van der Waals surface area contributed by atoms with Crippen LogP contribution in [0.4, 0.5) is 10.1 Å². The molecule has 2 rings (SSSR count). The van der Waals surface area contributed by atoms with Crippen molar-refractivity contribution >= 4 is 21.6 Å². The SMILES string of the molecule is C[C@@H](c1cccc([N+](=O)[O-])c1)N(C)C(=O)CNS(=O)(=O)c1ccc(F)cc1. The summed E-state index contributed by atoms with van der Waals surface area (Å²) >= 11 is 0. The van der Waals surface area contributed by atoms with Crippen LogP contribution in [-0.4, -0.2) is 37.7 Å². The zero-order chi connectivity index (χ0) is 20.2. The maximum Gasteiger partial charge on any atom is 0.269 e. The largest absolute Gasteiger partial charge is 0.338 e. The van der Waals surface area contributed by atoms with E-state index in [9.17, 15) is 27.7 Å². The summed E-state index contributed by atoms with van der Waals surface area (Å²) in [6.45, 7) is 1.17. The number of nitrogens with zero attached hydrogens (tertiary/aromatic N) is 2. The number of likely N-dealkylation sites (N-methyl/N-ethyl adjacent to an activating group) is 1. The van der Waals surface area contributed by atoms with E-state index in [4.69, 9.17) is 0 Å². The Morgan fingerprint density at radius 3 is 2.48 bits per heavy atom. The first kappa shape index (κ1) is 20.5. The number of sulfonamides is 1. The second-order valence-electron chi connectivity index (χ2n) is 5.81. The minimum atomic E-state index is -3.97. The molecule has 0 bridgehead atoms. The van der Waals surface area contributed by atoms with E-state index >= 15 is 0 Å². The summed E-state index contributed by atoms with van der Waals surface area (Å²) in [4.78, 5) is 23.8. The number of nitro groups is 1. The van der Waals surface area contributed by atoms with Gasteiger partial charge in [0.2, 0.25) is 15.9 Å². The van der Waals surface area contributed by atoms with E-state index in [1.54, 1.807) is 13.0 Å². The fourth-order valence-corrected chi connectivity index (χ4v) is 3.29. The van der Waals surface area contributed by atoms with Crippen LogP contribution in [0.25, 0.3) is 0 Å². The molecular formula is C17H18FN3O5S. The van der Waals surface area contributed by atoms with Crippen LogP contribution in [0.5, 0.6) is 0 Å². The van der Waals surface area contributed by atoms with E-state index < -0.39 is 39.3 Å². The predicted octanol–water partition coefficient (Wildman–Crippen LogP) is 2.23. The number of halogens is 1. The Bertz CT molecular complexity index is 947. The Hall–Kier alpha value is -2.85. The Morgan fingerprint density at radius 1 is 1.26 bits per heavy atom. The Balaban J connectivity index is 2.05. The van der Waals surface area contributed by atoms with Gasteiger partial charge in [0.15, 0.2) is 0 Å². The van der Waals surface area contributed by atoms with Crippen molar-refractivity contribution < 1.29 is 22.5 Å². The summed E-state index contributed by atoms with van der Waals surface area (Å²) in [7, 11) is -2.50. The van der Waals surface area contributed by atoms with Crippen LogP contribution in [-0.2, 0) is 14.8 Å². The molecule has 0 aliphatic carbocycles. The number of hydrogen-bond acceptors (Lipinski definition) is 5. The number of rotatable bonds is 7. The summed E-state index contributed by atoms with van der Waals surface area (Å²) in [5.74, 6) is -1.10. The van der Waals surface area contributed by atoms with E-state index in [1.807, 2.05) is 0 Å². The summed E-state index contributed by atoms with van der Waals surface area (Å²) in [5, 5.41) is 10.9. The average Bonchev–Trinajstić information content (AvgIpc) is 2.65. The first-order valence-electron chi connectivity index (χ1n) is 7.87. The minimum absolute atomic E-state index is 0.0998. The molecule has 1 amide bonds. The fourth-order valence-electron chi connectivity index (χ4n) is 2.32. The zero-order valence-electron chi connectivity index (χ0n) is 14.6. The van der Waals surface area contributed by atoms with Gasteiger partial charge in [-0.15, -0.1) is 0 Å². The molecule has 2 aromatic carbocycles. The van der Waals surface area contributed by atoms with Crippen molar-refractivity contribution in [2.75, 3.05) is 13.6 Å². The highest BCUT2D eigenvalue weighted by atomic mass is 32.2. The highest BCUT2D eigenvalue weighted by Gasteiger charge is 2.22. The monoisotopic (exact) mass is 395 g/mol. The quantitative estimate of drug-likeness (QED) is 0.571. The van der Waals surface area contributed by atoms with Crippen molar-refractivity contribution in [1.29, 1.82) is 0 Å². The molecule has 0 saturated heterocycles. The van der Waals surface area contributed by atoms with Crippen molar-refractivity contribution in [3.05, 3.63) is 70.0 Å². The van der Waals surface area contributed by atoms with Gasteiger partial charge in [-0.1, -0.05) is 12.1 Å². The van der Waals surface area contributed by atoms with Crippen molar-refractivity contribution in [1.82, 2.24) is 9.62 Å². The lowest BCUT2D eigenvalue weighted by atomic mass is 10.1. The van der Waals surface area contributed by atoms with Gasteiger partial charge in [-0.05, 0) is 36.8 Å². The lowest BCUT2D eigenvalue weighted by molar-refractivity contribution is -0.384. The molecule has 27 heavy (non-hydrogen) atoms. The molecule has 0 aliphatic rings. The van der Waals surface area contributed by atoms with E-state index in [2.05, 4.69) is 4.72 Å². The van der Waals surface area contributed by atoms with Crippen molar-refractivity contribution in [3.63, 3.8) is 0 Å². The maximum atomic E-state index is 12.9. The standard InChI is InChI=1S/C17H18FN3O5S/c1-12(13-4-3-5-15(10-13)21(23)24)20(2)17(22)11-19-27(25,26)16-8-6-14(18)7-9-16/h3-10,12,19H,11H2,1-2H3/t12-/m0/s1. The molecule has 0 aliphatic heterocycles. The van der Waals surface area contributed by atoms with Crippen LogP contribution in [0.3, 0.4) is 0 Å². The number of hydrogen-bond donors (Lipinski definition) is 1. The summed E-state index contributed by atoms with van der Waals surface area (Å²) < 4.78 is 39.4. The van der Waals surface area contributed by atoms with Crippen molar-refractivity contribution in [3.8, 4) is 0 Å². The minimum Gasteiger partial charge on any atom is -0.338 e. The Kier molecular flexibility index (Phi) is 6.24. The topological polar surface area (TPSA) is 110 Å². The number of carbonyl (C=O) groups excluding carboxylic acids is 1. The number of nitro benzene ring substituents is 1. The van der Waals surface area contributed by atoms with Crippen molar-refractivity contribution in [2.24, 2.45) is 0 Å². The first-order valence-corrected chi connectivity index (χ1v) is 9.35. The summed E-state index contributed by atoms with van der Waals surface area (Å²) in [6.07, 6.45) is 0. The van der Waals surface area contributed by atoms with Gasteiger partial charge in [0.05, 0.1) is 22.4 Å². The fraction of sp³-hybridized carbons (Fsp3) is 0.235. The van der Waals surface area contributed by atoms with E-state index in [0.717, 1.165) is 24.3 Å². The third-order valence-electron chi connectivity index (χ3n) is 4.08. The molecule has 0 saturated carbocycles. The van der Waals surface area contributed by atoms with Crippen LogP contribution >= 0.6 is 0 Å². The molecular weight excluding hydrogens is 377 g/mol. The first-order chi connectivity index (χ1) is 12.6. The molecule has 8 nitrogen and oxygen atoms in total. The summed E-state index contributed by atoms with van der Waals surface area (Å²) in [5.41, 5.74) is 0.443. The number of benzene rings is 2. The molecule has 2 aromatic rings. The van der Waals surface area contributed by atoms with Crippen LogP contribution < -0.4 is 4.72 Å². The number of amides is 1. The Labute approximate surface area is 155 Å². The third kappa shape index (κ3) is 5.08. The average molecular weight is 395 g/mol. The highest BCUT2D eigenvalue weighted by molar-refractivity contribution is 7.89. The third-order valence-corrected chi connectivity index (χ3v) is 5.49. The lowest BCUT2D eigenvalue weighted by Gasteiger charge is -2.25. The van der Waals surface area contributed by atoms with Gasteiger partial charge in [0, 0.05) is 19.2 Å². The highest BCUT2D eigenvalue weighted by Crippen LogP contribution is 2.23. The van der Waals surface area contributed by atoms with Gasteiger partial charge in [0.1, 0.15) is 5.82 Å². The van der Waals surface area contributed by atoms with Gasteiger partial charge in [0.25, 0.3) is 5.69 Å². The number of carbonyl (C=O) groups is 1. The van der Waals surface area contributed by atoms with Crippen LogP contribution in [0, 0.1) is 15.9 Å². The van der Waals surface area contributed by atoms with Gasteiger partial charge >= 0.3 is 0 Å². The number of non-ortho nitro benzene ring substituents is 1. The maximum absolute atomic E-state index is 12.9. The van der Waals surface area contributed by atoms with Gasteiger partial charge in [-0.25, -0.2) is 17.5 Å². The molecule has 144 valence electrons. The van der Waals surface area contributed by atoms with Crippen LogP contribution in [0.1, 0.15) is 18.5 Å². The molecule has 0 spiro atoms. The van der Waals surface area contributed by atoms with E-state index in [-0.39, 0.29) is 10.6 Å². The second kappa shape index (κ2) is 8.23. The molecule has 0 radical (unpaired) electrons. The lowest BCUT2D eigenvalue weighted by Crippen LogP contribution is -2.39. The molecule has 0 fully saturated rings. The zero-order valence-corrected chi connectivity index (χ0v) is 15.4. The van der Waals surface area contributed by atoms with Crippen LogP contribution in [0.2, 0.25) is 0 Å². The summed E-state index contributed by atoms with van der Waals surface area (Å²) in [6, 6.07) is 9.55. The van der Waals surface area contributed by atoms with E-state index in [1.165, 1.54) is 30.1 Å². The molecule has 1 atom stereocenters. The molecule has 0 unspecified atom stereocenters.